The maximum absolute atomic E-state index is 12.0. The van der Waals surface area contributed by atoms with Crippen LogP contribution < -0.4 is 5.32 Å². The van der Waals surface area contributed by atoms with Crippen molar-refractivity contribution >= 4 is 5.91 Å². The smallest absolute Gasteiger partial charge is 0.243 e. The highest BCUT2D eigenvalue weighted by molar-refractivity contribution is 5.87. The topological polar surface area (TPSA) is 38.3 Å². The number of carbonyl (C=O) groups excluding carboxylic acids is 1. The minimum absolute atomic E-state index is 0.0179. The van der Waals surface area contributed by atoms with Crippen molar-refractivity contribution in [3.63, 3.8) is 0 Å². The summed E-state index contributed by atoms with van der Waals surface area (Å²) in [6, 6.07) is 0.0842. The zero-order valence-corrected chi connectivity index (χ0v) is 17.8. The Balaban J connectivity index is 2.55. The summed E-state index contributed by atoms with van der Waals surface area (Å²) in [7, 11) is 0. The van der Waals surface area contributed by atoms with E-state index in [0.29, 0.717) is 17.8 Å². The van der Waals surface area contributed by atoms with Crippen LogP contribution in [0.5, 0.6) is 0 Å². The van der Waals surface area contributed by atoms with E-state index < -0.39 is 0 Å². The average Bonchev–Trinajstić information content (AvgIpc) is 2.59. The number of nitrogens with one attached hydrogen (secondary N) is 1. The third-order valence-electron chi connectivity index (χ3n) is 5.18. The van der Waals surface area contributed by atoms with E-state index in [4.69, 9.17) is 4.74 Å². The molecule has 1 aliphatic rings. The van der Waals surface area contributed by atoms with Crippen molar-refractivity contribution in [3.05, 3.63) is 36.0 Å². The Morgan fingerprint density at radius 3 is 2.50 bits per heavy atom. The fourth-order valence-corrected chi connectivity index (χ4v) is 3.05. The van der Waals surface area contributed by atoms with E-state index in [9.17, 15) is 4.79 Å². The number of ether oxygens (including phenoxy) is 1. The van der Waals surface area contributed by atoms with Gasteiger partial charge in [-0.25, -0.2) is 0 Å². The SMILES string of the molecule is CCC(C)/C=C/C(C)=C/CC1OC(C)C(NC(=O)/C=C\C(C)C)CC1C. The Bertz CT molecular complexity index is 518. The molecule has 1 saturated heterocycles. The van der Waals surface area contributed by atoms with E-state index in [1.54, 1.807) is 6.08 Å². The molecule has 148 valence electrons. The summed E-state index contributed by atoms with van der Waals surface area (Å²) >= 11 is 0. The van der Waals surface area contributed by atoms with Gasteiger partial charge in [-0.05, 0) is 50.5 Å². The lowest BCUT2D eigenvalue weighted by molar-refractivity contribution is -0.123. The van der Waals surface area contributed by atoms with Crippen LogP contribution in [0, 0.1) is 17.8 Å². The number of hydrogen-bond acceptors (Lipinski definition) is 2. The fourth-order valence-electron chi connectivity index (χ4n) is 3.05. The molecule has 1 N–H and O–H groups in total. The molecular weight excluding hydrogens is 322 g/mol. The second kappa shape index (κ2) is 11.4. The molecule has 1 heterocycles. The molecule has 0 aromatic rings. The Morgan fingerprint density at radius 2 is 1.88 bits per heavy atom. The lowest BCUT2D eigenvalue weighted by Gasteiger charge is -2.39. The summed E-state index contributed by atoms with van der Waals surface area (Å²) in [6.07, 6.45) is 13.7. The van der Waals surface area contributed by atoms with Crippen LogP contribution in [0.3, 0.4) is 0 Å². The number of amides is 1. The number of carbonyl (C=O) groups is 1. The molecule has 1 rings (SSSR count). The van der Waals surface area contributed by atoms with E-state index >= 15 is 0 Å². The van der Waals surface area contributed by atoms with Crippen molar-refractivity contribution < 1.29 is 9.53 Å². The van der Waals surface area contributed by atoms with Crippen LogP contribution >= 0.6 is 0 Å². The van der Waals surface area contributed by atoms with Gasteiger partial charge in [-0.3, -0.25) is 4.79 Å². The van der Waals surface area contributed by atoms with Crippen LogP contribution in [-0.4, -0.2) is 24.2 Å². The summed E-state index contributed by atoms with van der Waals surface area (Å²) in [5.41, 5.74) is 1.29. The van der Waals surface area contributed by atoms with Gasteiger partial charge in [-0.1, -0.05) is 70.9 Å². The van der Waals surface area contributed by atoms with Crippen molar-refractivity contribution in [1.29, 1.82) is 0 Å². The van der Waals surface area contributed by atoms with E-state index in [1.807, 2.05) is 6.08 Å². The van der Waals surface area contributed by atoms with Gasteiger partial charge in [0.15, 0.2) is 0 Å². The summed E-state index contributed by atoms with van der Waals surface area (Å²) < 4.78 is 6.23. The number of hydrogen-bond donors (Lipinski definition) is 1. The molecule has 0 aliphatic carbocycles. The minimum Gasteiger partial charge on any atom is -0.373 e. The monoisotopic (exact) mass is 361 g/mol. The summed E-state index contributed by atoms with van der Waals surface area (Å²) in [6.45, 7) is 15.0. The molecular formula is C23H39NO2. The first-order valence-electron chi connectivity index (χ1n) is 10.2. The highest BCUT2D eigenvalue weighted by atomic mass is 16.5. The molecule has 0 saturated carbocycles. The predicted octanol–water partition coefficient (Wildman–Crippen LogP) is 5.44. The molecule has 5 atom stereocenters. The van der Waals surface area contributed by atoms with Crippen LogP contribution in [0.15, 0.2) is 36.0 Å². The summed E-state index contributed by atoms with van der Waals surface area (Å²) in [4.78, 5) is 12.0. The van der Waals surface area contributed by atoms with Crippen molar-refractivity contribution in [3.8, 4) is 0 Å². The largest absolute Gasteiger partial charge is 0.373 e. The van der Waals surface area contributed by atoms with Gasteiger partial charge in [0.05, 0.1) is 18.2 Å². The molecule has 26 heavy (non-hydrogen) atoms. The van der Waals surface area contributed by atoms with Crippen LogP contribution in [0.1, 0.15) is 67.7 Å². The predicted molar refractivity (Wildman–Crippen MR) is 111 cm³/mol. The summed E-state index contributed by atoms with van der Waals surface area (Å²) in [5.74, 6) is 1.41. The standard InChI is InChI=1S/C23H39NO2/c1-8-17(4)10-11-18(5)12-13-22-19(6)15-21(20(7)26-22)24-23(25)14-9-16(2)3/h9-12,14,16-17,19-22H,8,13,15H2,1-7H3,(H,24,25)/b11-10+,14-9-,18-12+. The Morgan fingerprint density at radius 1 is 1.19 bits per heavy atom. The lowest BCUT2D eigenvalue weighted by atomic mass is 9.88. The van der Waals surface area contributed by atoms with E-state index in [1.165, 1.54) is 12.0 Å². The highest BCUT2D eigenvalue weighted by Gasteiger charge is 2.33. The average molecular weight is 362 g/mol. The van der Waals surface area contributed by atoms with Crippen LogP contribution in [-0.2, 0) is 9.53 Å². The van der Waals surface area contributed by atoms with Crippen LogP contribution in [0.4, 0.5) is 0 Å². The molecule has 0 aromatic carbocycles. The molecule has 5 unspecified atom stereocenters. The van der Waals surface area contributed by atoms with Gasteiger partial charge in [0.25, 0.3) is 0 Å². The minimum atomic E-state index is -0.0179. The van der Waals surface area contributed by atoms with Crippen LogP contribution in [0.2, 0.25) is 0 Å². The first-order chi connectivity index (χ1) is 12.2. The van der Waals surface area contributed by atoms with E-state index in [2.05, 4.69) is 72.0 Å². The highest BCUT2D eigenvalue weighted by Crippen LogP contribution is 2.28. The van der Waals surface area contributed by atoms with Gasteiger partial charge in [0.1, 0.15) is 0 Å². The molecule has 0 bridgehead atoms. The maximum atomic E-state index is 12.0. The number of rotatable bonds is 8. The van der Waals surface area contributed by atoms with Crippen LogP contribution in [0.25, 0.3) is 0 Å². The second-order valence-corrected chi connectivity index (χ2v) is 8.24. The second-order valence-electron chi connectivity index (χ2n) is 8.24. The molecule has 1 amide bonds. The molecule has 3 heteroatoms. The zero-order chi connectivity index (χ0) is 19.7. The Hall–Kier alpha value is -1.35. The van der Waals surface area contributed by atoms with Crippen molar-refractivity contribution in [2.45, 2.75) is 86.0 Å². The van der Waals surface area contributed by atoms with Gasteiger partial charge >= 0.3 is 0 Å². The summed E-state index contributed by atoms with van der Waals surface area (Å²) in [5, 5.41) is 3.10. The first kappa shape index (κ1) is 22.7. The van der Waals surface area contributed by atoms with E-state index in [0.717, 1.165) is 12.8 Å². The van der Waals surface area contributed by atoms with E-state index in [-0.39, 0.29) is 24.2 Å². The van der Waals surface area contributed by atoms with Gasteiger partial charge in [0.2, 0.25) is 5.91 Å². The van der Waals surface area contributed by atoms with Crippen molar-refractivity contribution in [2.24, 2.45) is 17.8 Å². The Labute approximate surface area is 161 Å². The van der Waals surface area contributed by atoms with Crippen molar-refractivity contribution in [1.82, 2.24) is 5.32 Å². The van der Waals surface area contributed by atoms with Crippen molar-refractivity contribution in [2.75, 3.05) is 0 Å². The van der Waals surface area contributed by atoms with Gasteiger partial charge < -0.3 is 10.1 Å². The molecule has 1 fully saturated rings. The van der Waals surface area contributed by atoms with Gasteiger partial charge in [0, 0.05) is 0 Å². The molecule has 1 aliphatic heterocycles. The quantitative estimate of drug-likeness (QED) is 0.462. The fraction of sp³-hybridized carbons (Fsp3) is 0.696. The number of allylic oxidation sites excluding steroid dienone is 4. The Kier molecular flexibility index (Phi) is 9.93. The normalized spacial score (nSPS) is 28.8. The molecule has 3 nitrogen and oxygen atoms in total. The zero-order valence-electron chi connectivity index (χ0n) is 17.8. The molecule has 0 radical (unpaired) electrons. The molecule has 0 aromatic heterocycles. The van der Waals surface area contributed by atoms with Gasteiger partial charge in [-0.2, -0.15) is 0 Å². The third-order valence-corrected chi connectivity index (χ3v) is 5.18. The van der Waals surface area contributed by atoms with Gasteiger partial charge in [-0.15, -0.1) is 0 Å². The molecule has 0 spiro atoms. The lowest BCUT2D eigenvalue weighted by Crippen LogP contribution is -2.50. The maximum Gasteiger partial charge on any atom is 0.243 e. The third kappa shape index (κ3) is 8.35. The first-order valence-corrected chi connectivity index (χ1v) is 10.2.